The summed E-state index contributed by atoms with van der Waals surface area (Å²) in [6, 6.07) is 12.5. The van der Waals surface area contributed by atoms with E-state index in [9.17, 15) is 0 Å². The van der Waals surface area contributed by atoms with Crippen LogP contribution < -0.4 is 5.32 Å². The zero-order chi connectivity index (χ0) is 12.7. The minimum atomic E-state index is 0.0969. The fraction of sp³-hybridized carbons (Fsp3) is 0.200. The zero-order valence-corrected chi connectivity index (χ0v) is 10.4. The van der Waals surface area contributed by atoms with Crippen LogP contribution in [0.15, 0.2) is 42.7 Å². The molecule has 4 heteroatoms. The van der Waals surface area contributed by atoms with E-state index in [-0.39, 0.29) is 6.04 Å². The van der Waals surface area contributed by atoms with Gasteiger partial charge < -0.3 is 10.3 Å². The third kappa shape index (κ3) is 1.72. The molecule has 1 aliphatic heterocycles. The molecule has 0 saturated carbocycles. The summed E-state index contributed by atoms with van der Waals surface area (Å²) in [6.07, 6.45) is 2.77. The van der Waals surface area contributed by atoms with E-state index in [1.165, 1.54) is 11.1 Å². The first-order valence-corrected chi connectivity index (χ1v) is 6.53. The van der Waals surface area contributed by atoms with Gasteiger partial charge in [0.1, 0.15) is 0 Å². The van der Waals surface area contributed by atoms with Gasteiger partial charge in [0.05, 0.1) is 29.3 Å². The number of H-pyrrole nitrogens is 1. The SMILES string of the molecule is c1ccc2nc(C3NCCc4[nH]cnc43)ccc2c1. The lowest BCUT2D eigenvalue weighted by atomic mass is 10.0. The molecule has 2 aromatic heterocycles. The number of rotatable bonds is 1. The summed E-state index contributed by atoms with van der Waals surface area (Å²) in [5, 5.41) is 4.67. The molecule has 1 atom stereocenters. The van der Waals surface area contributed by atoms with E-state index in [1.54, 1.807) is 6.33 Å². The quantitative estimate of drug-likeness (QED) is 0.696. The molecular formula is C15H14N4. The van der Waals surface area contributed by atoms with Crippen LogP contribution in [0, 0.1) is 0 Å². The Morgan fingerprint density at radius 3 is 3.05 bits per heavy atom. The second-order valence-corrected chi connectivity index (χ2v) is 4.83. The molecule has 0 radical (unpaired) electrons. The molecule has 1 aliphatic rings. The molecule has 1 aromatic carbocycles. The van der Waals surface area contributed by atoms with Crippen molar-refractivity contribution in [3.05, 3.63) is 59.8 Å². The third-order valence-corrected chi connectivity index (χ3v) is 3.66. The van der Waals surface area contributed by atoms with Crippen LogP contribution in [0.1, 0.15) is 23.1 Å². The second-order valence-electron chi connectivity index (χ2n) is 4.83. The van der Waals surface area contributed by atoms with Crippen LogP contribution in [0.5, 0.6) is 0 Å². The molecule has 4 nitrogen and oxygen atoms in total. The summed E-state index contributed by atoms with van der Waals surface area (Å²) < 4.78 is 0. The van der Waals surface area contributed by atoms with Crippen molar-refractivity contribution >= 4 is 10.9 Å². The van der Waals surface area contributed by atoms with E-state index in [1.807, 2.05) is 18.2 Å². The maximum Gasteiger partial charge on any atom is 0.0943 e. The minimum absolute atomic E-state index is 0.0969. The van der Waals surface area contributed by atoms with Crippen molar-refractivity contribution < 1.29 is 0 Å². The normalized spacial score (nSPS) is 18.4. The lowest BCUT2D eigenvalue weighted by molar-refractivity contribution is 0.544. The molecule has 3 aromatic rings. The van der Waals surface area contributed by atoms with Gasteiger partial charge in [-0.25, -0.2) is 4.98 Å². The predicted molar refractivity (Wildman–Crippen MR) is 73.9 cm³/mol. The first-order chi connectivity index (χ1) is 9.42. The Bertz CT molecular complexity index is 732. The summed E-state index contributed by atoms with van der Waals surface area (Å²) in [4.78, 5) is 12.4. The van der Waals surface area contributed by atoms with E-state index in [2.05, 4.69) is 33.5 Å². The number of hydrogen-bond acceptors (Lipinski definition) is 3. The van der Waals surface area contributed by atoms with Crippen molar-refractivity contribution in [2.24, 2.45) is 0 Å². The Balaban J connectivity index is 1.83. The Hall–Kier alpha value is -2.20. The van der Waals surface area contributed by atoms with Gasteiger partial charge >= 0.3 is 0 Å². The van der Waals surface area contributed by atoms with E-state index in [0.29, 0.717) is 0 Å². The summed E-state index contributed by atoms with van der Waals surface area (Å²) in [7, 11) is 0. The van der Waals surface area contributed by atoms with Crippen LogP contribution >= 0.6 is 0 Å². The van der Waals surface area contributed by atoms with Crippen molar-refractivity contribution in [3.63, 3.8) is 0 Å². The van der Waals surface area contributed by atoms with Crippen LogP contribution in [-0.4, -0.2) is 21.5 Å². The number of imidazole rings is 1. The zero-order valence-electron chi connectivity index (χ0n) is 10.4. The van der Waals surface area contributed by atoms with Crippen molar-refractivity contribution in [2.45, 2.75) is 12.5 Å². The maximum atomic E-state index is 4.76. The molecule has 0 aliphatic carbocycles. The molecule has 4 rings (SSSR count). The number of aromatic nitrogens is 3. The highest BCUT2D eigenvalue weighted by Gasteiger charge is 2.24. The summed E-state index contributed by atoms with van der Waals surface area (Å²) in [5.41, 5.74) is 4.36. The van der Waals surface area contributed by atoms with Crippen LogP contribution in [-0.2, 0) is 6.42 Å². The van der Waals surface area contributed by atoms with Crippen LogP contribution in [0.25, 0.3) is 10.9 Å². The highest BCUT2D eigenvalue weighted by atomic mass is 15.0. The average molecular weight is 250 g/mol. The molecule has 0 spiro atoms. The van der Waals surface area contributed by atoms with Gasteiger partial charge in [-0.1, -0.05) is 24.3 Å². The third-order valence-electron chi connectivity index (χ3n) is 3.66. The number of fused-ring (bicyclic) bond motifs is 2. The number of nitrogens with one attached hydrogen (secondary N) is 2. The second kappa shape index (κ2) is 4.17. The van der Waals surface area contributed by atoms with E-state index >= 15 is 0 Å². The minimum Gasteiger partial charge on any atom is -0.348 e. The van der Waals surface area contributed by atoms with E-state index < -0.39 is 0 Å². The summed E-state index contributed by atoms with van der Waals surface area (Å²) >= 11 is 0. The number of benzene rings is 1. The van der Waals surface area contributed by atoms with Gasteiger partial charge in [0, 0.05) is 24.0 Å². The molecule has 0 saturated heterocycles. The number of aromatic amines is 1. The number of pyridine rings is 1. The van der Waals surface area contributed by atoms with E-state index in [0.717, 1.165) is 29.9 Å². The standard InChI is InChI=1S/C15H14N4/c1-2-4-11-10(3-1)5-6-13(19-11)15-14-12(7-8-16-15)17-9-18-14/h1-6,9,15-16H,7-8H2,(H,17,18). The number of para-hydroxylation sites is 1. The molecule has 0 amide bonds. The molecule has 0 bridgehead atoms. The van der Waals surface area contributed by atoms with Gasteiger partial charge in [-0.05, 0) is 12.1 Å². The predicted octanol–water partition coefficient (Wildman–Crippen LogP) is 2.19. The van der Waals surface area contributed by atoms with Crippen molar-refractivity contribution in [1.82, 2.24) is 20.3 Å². The van der Waals surface area contributed by atoms with Crippen LogP contribution in [0.2, 0.25) is 0 Å². The van der Waals surface area contributed by atoms with Gasteiger partial charge in [-0.3, -0.25) is 4.98 Å². The topological polar surface area (TPSA) is 53.6 Å². The highest BCUT2D eigenvalue weighted by molar-refractivity contribution is 5.78. The summed E-state index contributed by atoms with van der Waals surface area (Å²) in [5.74, 6) is 0. The van der Waals surface area contributed by atoms with Gasteiger partial charge in [-0.2, -0.15) is 0 Å². The monoisotopic (exact) mass is 250 g/mol. The Morgan fingerprint density at radius 2 is 2.05 bits per heavy atom. The summed E-state index contributed by atoms with van der Waals surface area (Å²) in [6.45, 7) is 0.953. The smallest absolute Gasteiger partial charge is 0.0943 e. The van der Waals surface area contributed by atoms with Gasteiger partial charge in [0.15, 0.2) is 0 Å². The Labute approximate surface area is 110 Å². The average Bonchev–Trinajstić information content (AvgIpc) is 2.95. The first-order valence-electron chi connectivity index (χ1n) is 6.53. The highest BCUT2D eigenvalue weighted by Crippen LogP contribution is 2.26. The van der Waals surface area contributed by atoms with Crippen molar-refractivity contribution in [2.75, 3.05) is 6.54 Å². The molecule has 19 heavy (non-hydrogen) atoms. The largest absolute Gasteiger partial charge is 0.348 e. The molecule has 94 valence electrons. The van der Waals surface area contributed by atoms with Gasteiger partial charge in [-0.15, -0.1) is 0 Å². The lowest BCUT2D eigenvalue weighted by Crippen LogP contribution is -2.31. The number of nitrogens with zero attached hydrogens (tertiary/aromatic N) is 2. The van der Waals surface area contributed by atoms with Gasteiger partial charge in [0.2, 0.25) is 0 Å². The fourth-order valence-corrected chi connectivity index (χ4v) is 2.71. The van der Waals surface area contributed by atoms with Gasteiger partial charge in [0.25, 0.3) is 0 Å². The number of hydrogen-bond donors (Lipinski definition) is 2. The molecule has 1 unspecified atom stereocenters. The van der Waals surface area contributed by atoms with Crippen LogP contribution in [0.3, 0.4) is 0 Å². The van der Waals surface area contributed by atoms with Crippen molar-refractivity contribution in [3.8, 4) is 0 Å². The first kappa shape index (κ1) is 10.7. The Morgan fingerprint density at radius 1 is 1.11 bits per heavy atom. The molecule has 2 N–H and O–H groups in total. The molecule has 0 fully saturated rings. The molecular weight excluding hydrogens is 236 g/mol. The molecule has 3 heterocycles. The fourth-order valence-electron chi connectivity index (χ4n) is 2.71. The maximum absolute atomic E-state index is 4.76. The van der Waals surface area contributed by atoms with Crippen LogP contribution in [0.4, 0.5) is 0 Å². The Kier molecular flexibility index (Phi) is 2.35. The van der Waals surface area contributed by atoms with E-state index in [4.69, 9.17) is 4.98 Å². The lowest BCUT2D eigenvalue weighted by Gasteiger charge is -2.22. The van der Waals surface area contributed by atoms with Crippen molar-refractivity contribution in [1.29, 1.82) is 0 Å².